The van der Waals surface area contributed by atoms with Crippen LogP contribution < -0.4 is 16.2 Å². The van der Waals surface area contributed by atoms with Crippen LogP contribution in [0.25, 0.3) is 0 Å². The number of rotatable bonds is 6. The standard InChI is InChI=1S/C11H19N3O3S/c1-8(3-4-17-2)14-10-5-9(12)6-11(7-10)18(13,15)16/h5-8,14H,3-4,12H2,1-2H3,(H2,13,15,16). The fraction of sp³-hybridized carbons (Fsp3) is 0.455. The molecule has 0 radical (unpaired) electrons. The van der Waals surface area contributed by atoms with Gasteiger partial charge in [-0.25, -0.2) is 13.6 Å². The molecule has 0 aliphatic carbocycles. The summed E-state index contributed by atoms with van der Waals surface area (Å²) in [4.78, 5) is 0.00365. The number of sulfonamides is 1. The Hall–Kier alpha value is -1.31. The zero-order chi connectivity index (χ0) is 13.8. The van der Waals surface area contributed by atoms with Gasteiger partial charge in [-0.1, -0.05) is 0 Å². The molecule has 0 heterocycles. The molecule has 0 saturated carbocycles. The molecule has 0 amide bonds. The predicted octanol–water partition coefficient (Wildman–Crippen LogP) is 0.753. The van der Waals surface area contributed by atoms with Crippen molar-refractivity contribution in [2.75, 3.05) is 24.8 Å². The number of benzene rings is 1. The minimum Gasteiger partial charge on any atom is -0.399 e. The van der Waals surface area contributed by atoms with Crippen LogP contribution in [0.15, 0.2) is 23.1 Å². The van der Waals surface area contributed by atoms with Gasteiger partial charge in [-0.05, 0) is 31.5 Å². The van der Waals surface area contributed by atoms with E-state index in [2.05, 4.69) is 5.32 Å². The Balaban J connectivity index is 2.87. The third-order valence-electron chi connectivity index (χ3n) is 2.43. The molecule has 0 aromatic heterocycles. The fourth-order valence-electron chi connectivity index (χ4n) is 1.52. The first-order chi connectivity index (χ1) is 8.32. The molecule has 1 atom stereocenters. The van der Waals surface area contributed by atoms with Crippen molar-refractivity contribution in [1.29, 1.82) is 0 Å². The second-order valence-corrected chi connectivity index (χ2v) is 5.72. The molecular weight excluding hydrogens is 254 g/mol. The molecule has 0 bridgehead atoms. The van der Waals surface area contributed by atoms with Crippen molar-refractivity contribution in [3.63, 3.8) is 0 Å². The number of nitrogens with two attached hydrogens (primary N) is 2. The van der Waals surface area contributed by atoms with Gasteiger partial charge in [0.15, 0.2) is 0 Å². The highest BCUT2D eigenvalue weighted by molar-refractivity contribution is 7.89. The lowest BCUT2D eigenvalue weighted by Gasteiger charge is -2.15. The van der Waals surface area contributed by atoms with Crippen LogP contribution in [0.2, 0.25) is 0 Å². The van der Waals surface area contributed by atoms with E-state index in [-0.39, 0.29) is 10.9 Å². The minimum absolute atomic E-state index is 0.00365. The van der Waals surface area contributed by atoms with E-state index in [0.29, 0.717) is 18.0 Å². The number of hydrogen-bond acceptors (Lipinski definition) is 5. The summed E-state index contributed by atoms with van der Waals surface area (Å²) in [6, 6.07) is 4.60. The van der Waals surface area contributed by atoms with Crippen molar-refractivity contribution in [2.45, 2.75) is 24.3 Å². The van der Waals surface area contributed by atoms with Gasteiger partial charge < -0.3 is 15.8 Å². The molecule has 0 aliphatic heterocycles. The van der Waals surface area contributed by atoms with E-state index in [1.54, 1.807) is 13.2 Å². The quantitative estimate of drug-likeness (QED) is 0.663. The van der Waals surface area contributed by atoms with Crippen molar-refractivity contribution in [2.24, 2.45) is 5.14 Å². The molecule has 102 valence electrons. The number of methoxy groups -OCH3 is 1. The van der Waals surface area contributed by atoms with Crippen molar-refractivity contribution in [1.82, 2.24) is 0 Å². The summed E-state index contributed by atoms with van der Waals surface area (Å²) >= 11 is 0. The molecule has 0 spiro atoms. The van der Waals surface area contributed by atoms with Crippen molar-refractivity contribution < 1.29 is 13.2 Å². The summed E-state index contributed by atoms with van der Waals surface area (Å²) in [6.45, 7) is 2.59. The van der Waals surface area contributed by atoms with Gasteiger partial charge >= 0.3 is 0 Å². The van der Waals surface area contributed by atoms with Gasteiger partial charge in [0, 0.05) is 31.1 Å². The molecular formula is C11H19N3O3S. The summed E-state index contributed by atoms with van der Waals surface area (Å²) in [6.07, 6.45) is 0.802. The van der Waals surface area contributed by atoms with Crippen LogP contribution in [0.5, 0.6) is 0 Å². The van der Waals surface area contributed by atoms with E-state index >= 15 is 0 Å². The van der Waals surface area contributed by atoms with Crippen LogP contribution in [-0.2, 0) is 14.8 Å². The summed E-state index contributed by atoms with van der Waals surface area (Å²) in [5.74, 6) is 0. The third kappa shape index (κ3) is 4.52. The average molecular weight is 273 g/mol. The molecule has 7 heteroatoms. The highest BCUT2D eigenvalue weighted by Gasteiger charge is 2.11. The highest BCUT2D eigenvalue weighted by atomic mass is 32.2. The maximum absolute atomic E-state index is 11.3. The summed E-state index contributed by atoms with van der Waals surface area (Å²) in [7, 11) is -2.11. The SMILES string of the molecule is COCCC(C)Nc1cc(N)cc(S(N)(=O)=O)c1. The van der Waals surface area contributed by atoms with Gasteiger partial charge in [0.05, 0.1) is 4.90 Å². The topological polar surface area (TPSA) is 107 Å². The van der Waals surface area contributed by atoms with Gasteiger partial charge in [0.1, 0.15) is 0 Å². The first-order valence-electron chi connectivity index (χ1n) is 5.52. The van der Waals surface area contributed by atoms with Crippen LogP contribution in [0, 0.1) is 0 Å². The molecule has 0 fully saturated rings. The molecule has 0 saturated heterocycles. The van der Waals surface area contributed by atoms with Gasteiger partial charge in [-0.3, -0.25) is 0 Å². The lowest BCUT2D eigenvalue weighted by atomic mass is 10.2. The average Bonchev–Trinajstić information content (AvgIpc) is 2.24. The fourth-order valence-corrected chi connectivity index (χ4v) is 2.11. The second-order valence-electron chi connectivity index (χ2n) is 4.16. The normalized spacial score (nSPS) is 13.3. The Morgan fingerprint density at radius 3 is 2.61 bits per heavy atom. The van der Waals surface area contributed by atoms with Gasteiger partial charge in [0.25, 0.3) is 0 Å². The lowest BCUT2D eigenvalue weighted by molar-refractivity contribution is 0.191. The summed E-state index contributed by atoms with van der Waals surface area (Å²) < 4.78 is 27.5. The number of primary sulfonamides is 1. The summed E-state index contributed by atoms with van der Waals surface area (Å²) in [5, 5.41) is 8.22. The Bertz CT molecular complexity index is 502. The van der Waals surface area contributed by atoms with Crippen LogP contribution in [0.4, 0.5) is 11.4 Å². The molecule has 0 aliphatic rings. The van der Waals surface area contributed by atoms with Crippen LogP contribution >= 0.6 is 0 Å². The van der Waals surface area contributed by atoms with Gasteiger partial charge in [-0.2, -0.15) is 0 Å². The zero-order valence-corrected chi connectivity index (χ0v) is 11.3. The molecule has 1 rings (SSSR count). The van der Waals surface area contributed by atoms with E-state index in [4.69, 9.17) is 15.6 Å². The zero-order valence-electron chi connectivity index (χ0n) is 10.5. The van der Waals surface area contributed by atoms with Crippen LogP contribution in [-0.4, -0.2) is 28.2 Å². The number of nitrogens with one attached hydrogen (secondary N) is 1. The van der Waals surface area contributed by atoms with Crippen LogP contribution in [0.1, 0.15) is 13.3 Å². The highest BCUT2D eigenvalue weighted by Crippen LogP contribution is 2.20. The largest absolute Gasteiger partial charge is 0.399 e. The maximum Gasteiger partial charge on any atom is 0.238 e. The van der Waals surface area contributed by atoms with E-state index in [1.807, 2.05) is 6.92 Å². The third-order valence-corrected chi connectivity index (χ3v) is 3.32. The van der Waals surface area contributed by atoms with Crippen molar-refractivity contribution >= 4 is 21.4 Å². The second kappa shape index (κ2) is 6.03. The molecule has 1 aromatic carbocycles. The molecule has 6 nitrogen and oxygen atoms in total. The Morgan fingerprint density at radius 1 is 1.39 bits per heavy atom. The monoisotopic (exact) mass is 273 g/mol. The first-order valence-corrected chi connectivity index (χ1v) is 7.06. The van der Waals surface area contributed by atoms with Crippen LogP contribution in [0.3, 0.4) is 0 Å². The number of anilines is 2. The predicted molar refractivity (Wildman–Crippen MR) is 71.8 cm³/mol. The van der Waals surface area contributed by atoms with Gasteiger partial charge in [-0.15, -0.1) is 0 Å². The Kier molecular flexibility index (Phi) is 4.94. The smallest absolute Gasteiger partial charge is 0.238 e. The van der Waals surface area contributed by atoms with E-state index in [1.165, 1.54) is 12.1 Å². The number of ether oxygens (including phenoxy) is 1. The Labute approximate surface area is 107 Å². The van der Waals surface area contributed by atoms with Crippen molar-refractivity contribution in [3.05, 3.63) is 18.2 Å². The molecule has 5 N–H and O–H groups in total. The van der Waals surface area contributed by atoms with E-state index < -0.39 is 10.0 Å². The van der Waals surface area contributed by atoms with Crippen molar-refractivity contribution in [3.8, 4) is 0 Å². The molecule has 18 heavy (non-hydrogen) atoms. The first kappa shape index (κ1) is 14.7. The maximum atomic E-state index is 11.3. The molecule has 1 aromatic rings. The minimum atomic E-state index is -3.75. The lowest BCUT2D eigenvalue weighted by Crippen LogP contribution is -2.18. The number of nitrogen functional groups attached to an aromatic ring is 1. The van der Waals surface area contributed by atoms with Gasteiger partial charge in [0.2, 0.25) is 10.0 Å². The van der Waals surface area contributed by atoms with E-state index in [9.17, 15) is 8.42 Å². The number of hydrogen-bond donors (Lipinski definition) is 3. The molecule has 1 unspecified atom stereocenters. The Morgan fingerprint density at radius 2 is 2.06 bits per heavy atom. The van der Waals surface area contributed by atoms with E-state index in [0.717, 1.165) is 6.42 Å². The summed E-state index contributed by atoms with van der Waals surface area (Å²) in [5.41, 5.74) is 6.62.